The zero-order valence-electron chi connectivity index (χ0n) is 15.7. The van der Waals surface area contributed by atoms with Crippen LogP contribution in [0.5, 0.6) is 0 Å². The summed E-state index contributed by atoms with van der Waals surface area (Å²) in [5, 5.41) is 8.62. The van der Waals surface area contributed by atoms with Gasteiger partial charge in [-0.1, -0.05) is 11.6 Å². The van der Waals surface area contributed by atoms with Gasteiger partial charge in [0.05, 0.1) is 27.5 Å². The number of hydrogen-bond acceptors (Lipinski definition) is 5. The number of rotatable bonds is 4. The number of halogens is 2. The predicted molar refractivity (Wildman–Crippen MR) is 107 cm³/mol. The second-order valence-electron chi connectivity index (χ2n) is 7.55. The highest BCUT2D eigenvalue weighted by molar-refractivity contribution is 6.38. The number of fused-ring (bicyclic) bond motifs is 1. The molecule has 1 aromatic heterocycles. The molecule has 0 spiro atoms. The number of nitrogens with two attached hydrogens (primary N) is 1. The standard InChI is InChI=1S/C18H19ClFN5O5/c19-12-13-10(6-11(20)14(12)23-5-1-2-8(7-23)15(21)26)16(27)25(22-17(28)29)18(30)24(13)9-3-4-9/h6,8-9,22H,1-5,7H2,(H2,21,26)(H,28,29). The van der Waals surface area contributed by atoms with Crippen molar-refractivity contribution in [1.29, 1.82) is 0 Å². The molecule has 1 saturated carbocycles. The molecule has 1 aromatic carbocycles. The summed E-state index contributed by atoms with van der Waals surface area (Å²) < 4.78 is 16.7. The van der Waals surface area contributed by atoms with Crippen LogP contribution in [0.15, 0.2) is 15.7 Å². The van der Waals surface area contributed by atoms with Crippen molar-refractivity contribution in [3.63, 3.8) is 0 Å². The molecule has 10 nitrogen and oxygen atoms in total. The highest BCUT2D eigenvalue weighted by Crippen LogP contribution is 2.41. The minimum Gasteiger partial charge on any atom is -0.464 e. The normalized spacial score (nSPS) is 19.1. The van der Waals surface area contributed by atoms with E-state index in [1.165, 1.54) is 4.57 Å². The average molecular weight is 440 g/mol. The van der Waals surface area contributed by atoms with E-state index in [1.807, 2.05) is 0 Å². The van der Waals surface area contributed by atoms with E-state index < -0.39 is 35.0 Å². The maximum absolute atomic E-state index is 15.1. The van der Waals surface area contributed by atoms with Crippen LogP contribution in [0.2, 0.25) is 5.02 Å². The Labute approximate surface area is 173 Å². The number of carbonyl (C=O) groups is 2. The van der Waals surface area contributed by atoms with Crippen LogP contribution < -0.4 is 27.3 Å². The highest BCUT2D eigenvalue weighted by atomic mass is 35.5. The number of anilines is 1. The maximum atomic E-state index is 15.1. The first-order chi connectivity index (χ1) is 14.2. The number of nitrogens with zero attached hydrogens (tertiary/aromatic N) is 3. The van der Waals surface area contributed by atoms with E-state index >= 15 is 4.39 Å². The number of nitrogens with one attached hydrogen (secondary N) is 1. The Morgan fingerprint density at radius 3 is 2.57 bits per heavy atom. The van der Waals surface area contributed by atoms with Gasteiger partial charge in [0.2, 0.25) is 5.91 Å². The molecule has 2 heterocycles. The number of primary amides is 1. The SMILES string of the molecule is NC(=O)C1CCCN(c2c(F)cc3c(=O)n(NC(=O)O)c(=O)n(C4CC4)c3c2Cl)C1. The molecule has 1 aliphatic carbocycles. The van der Waals surface area contributed by atoms with E-state index in [-0.39, 0.29) is 34.2 Å². The molecule has 4 N–H and O–H groups in total. The van der Waals surface area contributed by atoms with E-state index in [0.29, 0.717) is 36.9 Å². The number of benzene rings is 1. The summed E-state index contributed by atoms with van der Waals surface area (Å²) in [5.41, 5.74) is 5.29. The molecule has 2 amide bonds. The fraction of sp³-hybridized carbons (Fsp3) is 0.444. The fourth-order valence-electron chi connectivity index (χ4n) is 3.98. The summed E-state index contributed by atoms with van der Waals surface area (Å²) in [4.78, 5) is 49.8. The van der Waals surface area contributed by atoms with E-state index in [4.69, 9.17) is 22.4 Å². The minimum atomic E-state index is -1.61. The van der Waals surface area contributed by atoms with Crippen LogP contribution in [0.3, 0.4) is 0 Å². The minimum absolute atomic E-state index is 0.00717. The van der Waals surface area contributed by atoms with Gasteiger partial charge >= 0.3 is 11.8 Å². The second-order valence-corrected chi connectivity index (χ2v) is 7.92. The summed E-state index contributed by atoms with van der Waals surface area (Å²) in [7, 11) is 0. The third-order valence-electron chi connectivity index (χ3n) is 5.50. The largest absolute Gasteiger partial charge is 0.464 e. The molecule has 1 saturated heterocycles. The summed E-state index contributed by atoms with van der Waals surface area (Å²) in [6.45, 7) is 0.597. The Bertz CT molecular complexity index is 1190. The van der Waals surface area contributed by atoms with Crippen molar-refractivity contribution >= 4 is 40.2 Å². The Kier molecular flexibility index (Phi) is 4.92. The van der Waals surface area contributed by atoms with Gasteiger partial charge < -0.3 is 15.7 Å². The lowest BCUT2D eigenvalue weighted by molar-refractivity contribution is -0.122. The van der Waals surface area contributed by atoms with Crippen molar-refractivity contribution < 1.29 is 19.1 Å². The van der Waals surface area contributed by atoms with Gasteiger partial charge in [-0.05, 0) is 31.7 Å². The van der Waals surface area contributed by atoms with Crippen molar-refractivity contribution in [2.75, 3.05) is 23.4 Å². The number of carbonyl (C=O) groups excluding carboxylic acids is 1. The van der Waals surface area contributed by atoms with Crippen molar-refractivity contribution in [2.24, 2.45) is 11.7 Å². The molecule has 12 heteroatoms. The lowest BCUT2D eigenvalue weighted by atomic mass is 9.97. The van der Waals surface area contributed by atoms with Gasteiger partial charge in [0, 0.05) is 19.1 Å². The summed E-state index contributed by atoms with van der Waals surface area (Å²) >= 11 is 6.54. The lowest BCUT2D eigenvalue weighted by Crippen LogP contribution is -2.46. The van der Waals surface area contributed by atoms with Crippen molar-refractivity contribution in [3.8, 4) is 0 Å². The average Bonchev–Trinajstić information content (AvgIpc) is 3.51. The third kappa shape index (κ3) is 3.28. The van der Waals surface area contributed by atoms with Gasteiger partial charge in [0.1, 0.15) is 5.82 Å². The van der Waals surface area contributed by atoms with Crippen LogP contribution in [0.25, 0.3) is 10.9 Å². The molecule has 4 rings (SSSR count). The van der Waals surface area contributed by atoms with E-state index in [2.05, 4.69) is 0 Å². The molecule has 0 bridgehead atoms. The Hall–Kier alpha value is -3.08. The zero-order chi connectivity index (χ0) is 21.7. The summed E-state index contributed by atoms with van der Waals surface area (Å²) in [6.07, 6.45) is 0.843. The summed E-state index contributed by atoms with van der Waals surface area (Å²) in [6, 6.07) is 0.670. The first-order valence-electron chi connectivity index (χ1n) is 9.44. The van der Waals surface area contributed by atoms with Crippen LogP contribution in [0.1, 0.15) is 31.7 Å². The molecule has 0 radical (unpaired) electrons. The first-order valence-corrected chi connectivity index (χ1v) is 9.82. The molecular formula is C18H19ClFN5O5. The molecule has 1 unspecified atom stereocenters. The number of piperidine rings is 1. The van der Waals surface area contributed by atoms with E-state index in [0.717, 1.165) is 6.07 Å². The number of amides is 2. The molecule has 2 fully saturated rings. The number of hydrogen-bond donors (Lipinski definition) is 3. The van der Waals surface area contributed by atoms with Crippen LogP contribution in [-0.4, -0.2) is 39.4 Å². The molecule has 1 aliphatic heterocycles. The third-order valence-corrected chi connectivity index (χ3v) is 5.86. The Balaban J connectivity index is 1.97. The highest BCUT2D eigenvalue weighted by Gasteiger charge is 2.33. The van der Waals surface area contributed by atoms with Gasteiger partial charge in [0.15, 0.2) is 0 Å². The van der Waals surface area contributed by atoms with Gasteiger partial charge in [0.25, 0.3) is 5.56 Å². The van der Waals surface area contributed by atoms with Crippen LogP contribution in [0, 0.1) is 11.7 Å². The lowest BCUT2D eigenvalue weighted by Gasteiger charge is -2.34. The fourth-order valence-corrected chi connectivity index (χ4v) is 4.38. The molecule has 160 valence electrons. The van der Waals surface area contributed by atoms with Crippen LogP contribution >= 0.6 is 11.6 Å². The summed E-state index contributed by atoms with van der Waals surface area (Å²) in [5.74, 6) is -1.77. The van der Waals surface area contributed by atoms with E-state index in [9.17, 15) is 19.2 Å². The van der Waals surface area contributed by atoms with Crippen molar-refractivity contribution in [1.82, 2.24) is 9.24 Å². The van der Waals surface area contributed by atoms with Crippen LogP contribution in [0.4, 0.5) is 14.9 Å². The number of carboxylic acid groups (broad SMARTS) is 1. The van der Waals surface area contributed by atoms with Crippen molar-refractivity contribution in [2.45, 2.75) is 31.7 Å². The topological polar surface area (TPSA) is 140 Å². The first kappa shape index (κ1) is 20.2. The smallest absolute Gasteiger partial charge is 0.424 e. The number of aromatic nitrogens is 2. The molecule has 30 heavy (non-hydrogen) atoms. The molecular weight excluding hydrogens is 421 g/mol. The monoisotopic (exact) mass is 439 g/mol. The molecule has 2 aromatic rings. The van der Waals surface area contributed by atoms with Crippen molar-refractivity contribution in [3.05, 3.63) is 37.7 Å². The second kappa shape index (κ2) is 7.31. The van der Waals surface area contributed by atoms with Gasteiger partial charge in [-0.15, -0.1) is 0 Å². The van der Waals surface area contributed by atoms with Gasteiger partial charge in [-0.25, -0.2) is 19.4 Å². The van der Waals surface area contributed by atoms with E-state index in [1.54, 1.807) is 10.3 Å². The maximum Gasteiger partial charge on any atom is 0.424 e. The Morgan fingerprint density at radius 2 is 1.97 bits per heavy atom. The molecule has 2 aliphatic rings. The van der Waals surface area contributed by atoms with Gasteiger partial charge in [-0.3, -0.25) is 14.2 Å². The van der Waals surface area contributed by atoms with Gasteiger partial charge in [-0.2, -0.15) is 4.68 Å². The predicted octanol–water partition coefficient (Wildman–Crippen LogP) is 1.21. The zero-order valence-corrected chi connectivity index (χ0v) is 16.5. The quantitative estimate of drug-likeness (QED) is 0.654. The Morgan fingerprint density at radius 1 is 1.27 bits per heavy atom. The molecule has 1 atom stereocenters. The van der Waals surface area contributed by atoms with Crippen LogP contribution in [-0.2, 0) is 4.79 Å².